The number of carbonyl (C=O) groups excluding carboxylic acids is 1. The zero-order valence-corrected chi connectivity index (χ0v) is 19.4. The molecular formula is C26H46O4. The molecule has 0 aliphatic carbocycles. The highest BCUT2D eigenvalue weighted by molar-refractivity contribution is 5.78. The van der Waals surface area contributed by atoms with Gasteiger partial charge in [0.2, 0.25) is 0 Å². The molecule has 0 spiro atoms. The van der Waals surface area contributed by atoms with Gasteiger partial charge in [-0.15, -0.1) is 0 Å². The number of allylic oxidation sites excluding steroid dienone is 2. The molecule has 1 atom stereocenters. The maximum atomic E-state index is 11.6. The van der Waals surface area contributed by atoms with E-state index < -0.39 is 17.9 Å². The molecular weight excluding hydrogens is 376 g/mol. The van der Waals surface area contributed by atoms with E-state index in [9.17, 15) is 14.7 Å². The lowest BCUT2D eigenvalue weighted by Crippen LogP contribution is -2.19. The lowest BCUT2D eigenvalue weighted by molar-refractivity contribution is -0.151. The van der Waals surface area contributed by atoms with Gasteiger partial charge in [-0.2, -0.15) is 0 Å². The SMILES string of the molecule is C=CCOC(=O)CC(CCCCC/C=C/CCCCCCCCCCCC)C(=O)O. The summed E-state index contributed by atoms with van der Waals surface area (Å²) in [6.07, 6.45) is 25.4. The molecule has 0 amide bonds. The first-order valence-electron chi connectivity index (χ1n) is 12.3. The second kappa shape index (κ2) is 22.1. The highest BCUT2D eigenvalue weighted by Gasteiger charge is 2.21. The summed E-state index contributed by atoms with van der Waals surface area (Å²) in [4.78, 5) is 22.8. The number of ether oxygens (including phenoxy) is 1. The molecule has 0 rings (SSSR count). The van der Waals surface area contributed by atoms with Gasteiger partial charge in [0.1, 0.15) is 6.61 Å². The lowest BCUT2D eigenvalue weighted by Gasteiger charge is -2.11. The summed E-state index contributed by atoms with van der Waals surface area (Å²) in [6, 6.07) is 0. The number of rotatable bonds is 22. The van der Waals surface area contributed by atoms with E-state index in [1.54, 1.807) is 0 Å². The van der Waals surface area contributed by atoms with Gasteiger partial charge in [0, 0.05) is 0 Å². The van der Waals surface area contributed by atoms with Crippen LogP contribution in [0.15, 0.2) is 24.8 Å². The molecule has 0 aliphatic rings. The summed E-state index contributed by atoms with van der Waals surface area (Å²) in [7, 11) is 0. The van der Waals surface area contributed by atoms with Crippen molar-refractivity contribution in [1.29, 1.82) is 0 Å². The summed E-state index contributed by atoms with van der Waals surface area (Å²) >= 11 is 0. The molecule has 0 saturated carbocycles. The molecule has 0 aliphatic heterocycles. The minimum Gasteiger partial charge on any atom is -0.481 e. The molecule has 30 heavy (non-hydrogen) atoms. The van der Waals surface area contributed by atoms with Crippen LogP contribution in [-0.2, 0) is 14.3 Å². The number of esters is 1. The summed E-state index contributed by atoms with van der Waals surface area (Å²) in [6.45, 7) is 5.87. The molecule has 0 bridgehead atoms. The number of hydrogen-bond acceptors (Lipinski definition) is 3. The molecule has 0 aromatic heterocycles. The van der Waals surface area contributed by atoms with Gasteiger partial charge >= 0.3 is 11.9 Å². The fourth-order valence-electron chi connectivity index (χ4n) is 3.54. The Bertz CT molecular complexity index is 456. The van der Waals surface area contributed by atoms with Gasteiger partial charge in [-0.05, 0) is 32.1 Å². The van der Waals surface area contributed by atoms with Crippen molar-refractivity contribution in [2.24, 2.45) is 5.92 Å². The van der Waals surface area contributed by atoms with Gasteiger partial charge in [0.15, 0.2) is 0 Å². The molecule has 174 valence electrons. The van der Waals surface area contributed by atoms with Gasteiger partial charge in [-0.3, -0.25) is 9.59 Å². The van der Waals surface area contributed by atoms with Crippen LogP contribution in [0.1, 0.15) is 116 Å². The Morgan fingerprint density at radius 2 is 1.33 bits per heavy atom. The molecule has 4 nitrogen and oxygen atoms in total. The van der Waals surface area contributed by atoms with Gasteiger partial charge in [0.25, 0.3) is 0 Å². The number of carboxylic acids is 1. The van der Waals surface area contributed by atoms with E-state index in [0.717, 1.165) is 25.7 Å². The Hall–Kier alpha value is -1.58. The van der Waals surface area contributed by atoms with Crippen LogP contribution in [-0.4, -0.2) is 23.7 Å². The van der Waals surface area contributed by atoms with E-state index in [1.807, 2.05) is 0 Å². The number of carboxylic acid groups (broad SMARTS) is 1. The van der Waals surface area contributed by atoms with Gasteiger partial charge < -0.3 is 9.84 Å². The van der Waals surface area contributed by atoms with Crippen molar-refractivity contribution in [2.75, 3.05) is 6.61 Å². The van der Waals surface area contributed by atoms with Crippen LogP contribution < -0.4 is 0 Å². The normalized spacial score (nSPS) is 12.2. The van der Waals surface area contributed by atoms with E-state index >= 15 is 0 Å². The van der Waals surface area contributed by atoms with Crippen molar-refractivity contribution in [3.05, 3.63) is 24.8 Å². The van der Waals surface area contributed by atoms with Crippen molar-refractivity contribution >= 4 is 11.9 Å². The predicted molar refractivity (Wildman–Crippen MR) is 126 cm³/mol. The minimum atomic E-state index is -0.915. The monoisotopic (exact) mass is 422 g/mol. The van der Waals surface area contributed by atoms with Crippen molar-refractivity contribution in [3.8, 4) is 0 Å². The van der Waals surface area contributed by atoms with E-state index in [1.165, 1.54) is 76.7 Å². The third-order valence-electron chi connectivity index (χ3n) is 5.44. The van der Waals surface area contributed by atoms with E-state index in [2.05, 4.69) is 25.7 Å². The standard InChI is InChI=1S/C26H46O4/c1-3-5-6-7-8-9-10-11-12-13-14-15-16-17-18-19-20-21-24(26(28)29)23-25(27)30-22-4-2/h4,15-16,24H,2-3,5-14,17-23H2,1H3,(H,28,29)/b16-15+. The molecule has 0 aromatic rings. The van der Waals surface area contributed by atoms with Crippen LogP contribution in [0.4, 0.5) is 0 Å². The Morgan fingerprint density at radius 1 is 0.833 bits per heavy atom. The Morgan fingerprint density at radius 3 is 1.83 bits per heavy atom. The van der Waals surface area contributed by atoms with Crippen LogP contribution >= 0.6 is 0 Å². The zero-order valence-electron chi connectivity index (χ0n) is 19.4. The summed E-state index contributed by atoms with van der Waals surface area (Å²) < 4.78 is 4.88. The lowest BCUT2D eigenvalue weighted by atomic mass is 9.97. The molecule has 1 N–H and O–H groups in total. The average molecular weight is 423 g/mol. The molecule has 1 unspecified atom stereocenters. The van der Waals surface area contributed by atoms with Crippen molar-refractivity contribution in [1.82, 2.24) is 0 Å². The van der Waals surface area contributed by atoms with E-state index in [4.69, 9.17) is 4.74 Å². The predicted octanol–water partition coefficient (Wildman–Crippen LogP) is 7.62. The largest absolute Gasteiger partial charge is 0.481 e. The van der Waals surface area contributed by atoms with Crippen LogP contribution in [0.25, 0.3) is 0 Å². The molecule has 0 fully saturated rings. The number of unbranched alkanes of at least 4 members (excludes halogenated alkanes) is 13. The maximum Gasteiger partial charge on any atom is 0.307 e. The van der Waals surface area contributed by atoms with Gasteiger partial charge in [-0.1, -0.05) is 102 Å². The molecule has 0 saturated heterocycles. The maximum absolute atomic E-state index is 11.6. The Balaban J connectivity index is 3.51. The first-order chi connectivity index (χ1) is 14.6. The zero-order chi connectivity index (χ0) is 22.3. The number of carbonyl (C=O) groups is 2. The molecule has 0 aromatic carbocycles. The highest BCUT2D eigenvalue weighted by atomic mass is 16.5. The third kappa shape index (κ3) is 19.7. The summed E-state index contributed by atoms with van der Waals surface area (Å²) in [5.41, 5.74) is 0. The summed E-state index contributed by atoms with van der Waals surface area (Å²) in [5.74, 6) is -2.02. The summed E-state index contributed by atoms with van der Waals surface area (Å²) in [5, 5.41) is 9.24. The average Bonchev–Trinajstić information content (AvgIpc) is 2.73. The second-order valence-corrected chi connectivity index (χ2v) is 8.29. The second-order valence-electron chi connectivity index (χ2n) is 8.29. The van der Waals surface area contributed by atoms with Crippen LogP contribution in [0.5, 0.6) is 0 Å². The van der Waals surface area contributed by atoms with E-state index in [-0.39, 0.29) is 13.0 Å². The van der Waals surface area contributed by atoms with Crippen LogP contribution in [0.2, 0.25) is 0 Å². The molecule has 4 heteroatoms. The quantitative estimate of drug-likeness (QED) is 0.111. The highest BCUT2D eigenvalue weighted by Crippen LogP contribution is 2.16. The minimum absolute atomic E-state index is 0.0536. The number of aliphatic carboxylic acids is 1. The number of hydrogen-bond donors (Lipinski definition) is 1. The van der Waals surface area contributed by atoms with Crippen LogP contribution in [0, 0.1) is 5.92 Å². The van der Waals surface area contributed by atoms with Crippen molar-refractivity contribution in [3.63, 3.8) is 0 Å². The van der Waals surface area contributed by atoms with Crippen molar-refractivity contribution in [2.45, 2.75) is 116 Å². The first kappa shape index (κ1) is 28.4. The Kier molecular flexibility index (Phi) is 20.9. The van der Waals surface area contributed by atoms with Crippen molar-refractivity contribution < 1.29 is 19.4 Å². The van der Waals surface area contributed by atoms with Crippen LogP contribution in [0.3, 0.4) is 0 Å². The topological polar surface area (TPSA) is 63.6 Å². The van der Waals surface area contributed by atoms with E-state index in [0.29, 0.717) is 6.42 Å². The van der Waals surface area contributed by atoms with Gasteiger partial charge in [-0.25, -0.2) is 0 Å². The first-order valence-corrected chi connectivity index (χ1v) is 12.3. The molecule has 0 radical (unpaired) electrons. The molecule has 0 heterocycles. The smallest absolute Gasteiger partial charge is 0.307 e. The fraction of sp³-hybridized carbons (Fsp3) is 0.769. The Labute approximate surface area is 185 Å². The third-order valence-corrected chi connectivity index (χ3v) is 5.44. The fourth-order valence-corrected chi connectivity index (χ4v) is 3.54. The van der Waals surface area contributed by atoms with Gasteiger partial charge in [0.05, 0.1) is 12.3 Å².